The summed E-state index contributed by atoms with van der Waals surface area (Å²) in [7, 11) is 0. The maximum Gasteiger partial charge on any atom is 0.169 e. The van der Waals surface area contributed by atoms with Crippen molar-refractivity contribution in [1.29, 1.82) is 0 Å². The molecule has 0 aliphatic heterocycles. The normalized spacial score (nSPS) is 18.0. The Kier molecular flexibility index (Phi) is 3.77. The minimum absolute atomic E-state index is 0.296. The fourth-order valence-electron chi connectivity index (χ4n) is 0.323. The quantitative estimate of drug-likeness (QED) is 0.501. The van der Waals surface area contributed by atoms with E-state index < -0.39 is 6.29 Å². The van der Waals surface area contributed by atoms with E-state index in [1.807, 2.05) is 6.92 Å². The van der Waals surface area contributed by atoms with Crippen molar-refractivity contribution in [1.82, 2.24) is 0 Å². The zero-order valence-corrected chi connectivity index (χ0v) is 5.29. The van der Waals surface area contributed by atoms with E-state index in [0.29, 0.717) is 6.61 Å². The van der Waals surface area contributed by atoms with Crippen LogP contribution in [-0.2, 0) is 4.74 Å². The Labute approximate surface area is 49.4 Å². The number of aliphatic hydroxyl groups excluding tert-OH is 1. The second-order valence-corrected chi connectivity index (χ2v) is 1.71. The highest BCUT2D eigenvalue weighted by atomic mass is 16.6. The predicted molar refractivity (Wildman–Crippen MR) is 31.3 cm³/mol. The molecule has 0 heterocycles. The van der Waals surface area contributed by atoms with Gasteiger partial charge < -0.3 is 15.6 Å². The third-order valence-electron chi connectivity index (χ3n) is 0.787. The lowest BCUT2D eigenvalue weighted by Gasteiger charge is -2.12. The van der Waals surface area contributed by atoms with E-state index in [9.17, 15) is 0 Å². The standard InChI is InChI=1S/C5H13NO2/c1-3-8-5(7)4(2)6/h4-5,7H,3,6H2,1-2H3. The minimum Gasteiger partial charge on any atom is -0.367 e. The van der Waals surface area contributed by atoms with E-state index in [2.05, 4.69) is 0 Å². The highest BCUT2D eigenvalue weighted by Crippen LogP contribution is 1.89. The van der Waals surface area contributed by atoms with Crippen molar-refractivity contribution in [2.75, 3.05) is 6.61 Å². The topological polar surface area (TPSA) is 55.5 Å². The van der Waals surface area contributed by atoms with E-state index in [4.69, 9.17) is 15.6 Å². The second kappa shape index (κ2) is 3.83. The molecule has 0 spiro atoms. The Hall–Kier alpha value is -0.120. The average molecular weight is 119 g/mol. The molecule has 3 nitrogen and oxygen atoms in total. The largest absolute Gasteiger partial charge is 0.367 e. The van der Waals surface area contributed by atoms with E-state index in [1.165, 1.54) is 0 Å². The third-order valence-corrected chi connectivity index (χ3v) is 0.787. The molecular weight excluding hydrogens is 106 g/mol. The lowest BCUT2D eigenvalue weighted by molar-refractivity contribution is -0.105. The first-order valence-electron chi connectivity index (χ1n) is 2.73. The molecule has 0 saturated carbocycles. The molecule has 0 aromatic rings. The Balaban J connectivity index is 3.17. The van der Waals surface area contributed by atoms with Gasteiger partial charge in [0, 0.05) is 6.61 Å². The molecule has 0 amide bonds. The first-order chi connectivity index (χ1) is 3.68. The van der Waals surface area contributed by atoms with Crippen LogP contribution in [0.5, 0.6) is 0 Å². The minimum atomic E-state index is -0.806. The Bertz CT molecular complexity index is 56.4. The van der Waals surface area contributed by atoms with Gasteiger partial charge in [0.25, 0.3) is 0 Å². The Morgan fingerprint density at radius 2 is 2.25 bits per heavy atom. The van der Waals surface area contributed by atoms with Crippen LogP contribution < -0.4 is 5.73 Å². The molecule has 50 valence electrons. The van der Waals surface area contributed by atoms with Crippen LogP contribution in [0, 0.1) is 0 Å². The van der Waals surface area contributed by atoms with Crippen molar-refractivity contribution in [3.63, 3.8) is 0 Å². The highest BCUT2D eigenvalue weighted by molar-refractivity contribution is 4.53. The summed E-state index contributed by atoms with van der Waals surface area (Å²) in [5, 5.41) is 8.78. The summed E-state index contributed by atoms with van der Waals surface area (Å²) in [6, 6.07) is -0.296. The zero-order valence-electron chi connectivity index (χ0n) is 5.29. The van der Waals surface area contributed by atoms with Crippen LogP contribution in [-0.4, -0.2) is 24.0 Å². The molecular formula is C5H13NO2. The van der Waals surface area contributed by atoms with Crippen molar-refractivity contribution >= 4 is 0 Å². The third kappa shape index (κ3) is 2.96. The number of nitrogens with two attached hydrogens (primary N) is 1. The van der Waals surface area contributed by atoms with Crippen molar-refractivity contribution in [2.24, 2.45) is 5.73 Å². The summed E-state index contributed by atoms with van der Waals surface area (Å²) >= 11 is 0. The van der Waals surface area contributed by atoms with Gasteiger partial charge in [-0.15, -0.1) is 0 Å². The number of rotatable bonds is 3. The maximum absolute atomic E-state index is 8.78. The molecule has 0 aromatic heterocycles. The van der Waals surface area contributed by atoms with Crippen LogP contribution in [0.15, 0.2) is 0 Å². The molecule has 0 saturated heterocycles. The summed E-state index contributed by atoms with van der Waals surface area (Å²) in [6.07, 6.45) is -0.806. The van der Waals surface area contributed by atoms with Gasteiger partial charge in [-0.2, -0.15) is 0 Å². The molecule has 0 rings (SSSR count). The fraction of sp³-hybridized carbons (Fsp3) is 1.00. The molecule has 2 atom stereocenters. The van der Waals surface area contributed by atoms with Crippen LogP contribution in [0.4, 0.5) is 0 Å². The van der Waals surface area contributed by atoms with Gasteiger partial charge in [0.05, 0.1) is 6.04 Å². The van der Waals surface area contributed by atoms with Crippen LogP contribution in [0.2, 0.25) is 0 Å². The highest BCUT2D eigenvalue weighted by Gasteiger charge is 2.06. The van der Waals surface area contributed by atoms with Crippen LogP contribution in [0.25, 0.3) is 0 Å². The molecule has 0 fully saturated rings. The second-order valence-electron chi connectivity index (χ2n) is 1.71. The molecule has 0 bridgehead atoms. The molecule has 8 heavy (non-hydrogen) atoms. The number of ether oxygens (including phenoxy) is 1. The van der Waals surface area contributed by atoms with Crippen LogP contribution in [0.1, 0.15) is 13.8 Å². The molecule has 2 unspecified atom stereocenters. The molecule has 0 aliphatic carbocycles. The number of hydrogen-bond donors (Lipinski definition) is 2. The zero-order chi connectivity index (χ0) is 6.57. The van der Waals surface area contributed by atoms with Crippen molar-refractivity contribution in [3.05, 3.63) is 0 Å². The molecule has 0 aromatic carbocycles. The van der Waals surface area contributed by atoms with Crippen LogP contribution in [0.3, 0.4) is 0 Å². The van der Waals surface area contributed by atoms with Gasteiger partial charge in [-0.25, -0.2) is 0 Å². The van der Waals surface area contributed by atoms with Gasteiger partial charge in [-0.05, 0) is 13.8 Å². The number of aliphatic hydroxyl groups is 1. The van der Waals surface area contributed by atoms with Gasteiger partial charge in [0.1, 0.15) is 0 Å². The van der Waals surface area contributed by atoms with Crippen LogP contribution >= 0.6 is 0 Å². The predicted octanol–water partition coefficient (Wildman–Crippen LogP) is -0.312. The lowest BCUT2D eigenvalue weighted by atomic mass is 10.4. The summed E-state index contributed by atoms with van der Waals surface area (Å²) in [5.74, 6) is 0. The monoisotopic (exact) mass is 119 g/mol. The summed E-state index contributed by atoms with van der Waals surface area (Å²) in [6.45, 7) is 4.01. The summed E-state index contributed by atoms with van der Waals surface area (Å²) in [5.41, 5.74) is 5.25. The van der Waals surface area contributed by atoms with E-state index in [1.54, 1.807) is 6.92 Å². The van der Waals surface area contributed by atoms with E-state index >= 15 is 0 Å². The average Bonchev–Trinajstić information content (AvgIpc) is 1.67. The van der Waals surface area contributed by atoms with Gasteiger partial charge >= 0.3 is 0 Å². The molecule has 0 aliphatic rings. The first-order valence-corrected chi connectivity index (χ1v) is 2.73. The molecule has 0 radical (unpaired) electrons. The fourth-order valence-corrected chi connectivity index (χ4v) is 0.323. The van der Waals surface area contributed by atoms with Gasteiger partial charge in [0.15, 0.2) is 6.29 Å². The van der Waals surface area contributed by atoms with Crippen molar-refractivity contribution in [3.8, 4) is 0 Å². The van der Waals surface area contributed by atoms with Gasteiger partial charge in [-0.3, -0.25) is 0 Å². The van der Waals surface area contributed by atoms with Crippen molar-refractivity contribution in [2.45, 2.75) is 26.2 Å². The summed E-state index contributed by atoms with van der Waals surface area (Å²) < 4.78 is 4.73. The molecule has 3 heteroatoms. The Morgan fingerprint density at radius 3 is 2.38 bits per heavy atom. The van der Waals surface area contributed by atoms with E-state index in [-0.39, 0.29) is 6.04 Å². The van der Waals surface area contributed by atoms with Gasteiger partial charge in [0.2, 0.25) is 0 Å². The summed E-state index contributed by atoms with van der Waals surface area (Å²) in [4.78, 5) is 0. The number of hydrogen-bond acceptors (Lipinski definition) is 3. The van der Waals surface area contributed by atoms with E-state index in [0.717, 1.165) is 0 Å². The smallest absolute Gasteiger partial charge is 0.169 e. The Morgan fingerprint density at radius 1 is 1.75 bits per heavy atom. The maximum atomic E-state index is 8.78. The van der Waals surface area contributed by atoms with Gasteiger partial charge in [-0.1, -0.05) is 0 Å². The molecule has 3 N–H and O–H groups in total. The van der Waals surface area contributed by atoms with Crippen molar-refractivity contribution < 1.29 is 9.84 Å². The first kappa shape index (κ1) is 7.88. The lowest BCUT2D eigenvalue weighted by Crippen LogP contribution is -2.33. The SMILES string of the molecule is CCOC(O)C(C)N.